The number of nitro benzene ring substituents is 1. The van der Waals surface area contributed by atoms with E-state index in [4.69, 9.17) is 4.74 Å². The molecular formula is C8H10N2O6S. The first kappa shape index (κ1) is 13.4. The van der Waals surface area contributed by atoms with Crippen LogP contribution in [0.15, 0.2) is 23.1 Å². The molecule has 17 heavy (non-hydrogen) atoms. The molecule has 0 aliphatic heterocycles. The molecule has 0 bridgehead atoms. The zero-order valence-corrected chi connectivity index (χ0v) is 9.85. The standard InChI is InChI=1S/C8H10N2O6S/c1-15-6-3-4-8(7(5-6)10(11)12)17(13,14)9-16-2/h3-5,9H,1-2H3. The topological polar surface area (TPSA) is 108 Å². The molecule has 1 N–H and O–H groups in total. The minimum absolute atomic E-state index is 0.188. The molecule has 0 aromatic heterocycles. The third-order valence-corrected chi connectivity index (χ3v) is 3.16. The molecule has 0 saturated carbocycles. The lowest BCUT2D eigenvalue weighted by molar-refractivity contribution is -0.387. The van der Waals surface area contributed by atoms with E-state index in [0.29, 0.717) is 0 Å². The SMILES string of the molecule is CONS(=O)(=O)c1ccc(OC)cc1[N+](=O)[O-]. The van der Waals surface area contributed by atoms with Gasteiger partial charge in [-0.3, -0.25) is 15.0 Å². The number of nitrogens with zero attached hydrogens (tertiary/aromatic N) is 1. The number of rotatable bonds is 5. The fraction of sp³-hybridized carbons (Fsp3) is 0.250. The van der Waals surface area contributed by atoms with Gasteiger partial charge in [-0.25, -0.2) is 8.42 Å². The highest BCUT2D eigenvalue weighted by Gasteiger charge is 2.26. The maximum atomic E-state index is 11.6. The number of nitro groups is 1. The maximum Gasteiger partial charge on any atom is 0.293 e. The zero-order valence-electron chi connectivity index (χ0n) is 9.04. The van der Waals surface area contributed by atoms with Crippen molar-refractivity contribution in [3.8, 4) is 5.75 Å². The lowest BCUT2D eigenvalue weighted by Gasteiger charge is -2.06. The summed E-state index contributed by atoms with van der Waals surface area (Å²) in [6, 6.07) is 3.39. The van der Waals surface area contributed by atoms with E-state index in [2.05, 4.69) is 4.84 Å². The van der Waals surface area contributed by atoms with Crippen LogP contribution in [0.25, 0.3) is 0 Å². The van der Waals surface area contributed by atoms with Crippen LogP contribution in [-0.4, -0.2) is 27.6 Å². The zero-order chi connectivity index (χ0) is 13.1. The highest BCUT2D eigenvalue weighted by atomic mass is 32.2. The maximum absolute atomic E-state index is 11.6. The predicted molar refractivity (Wildman–Crippen MR) is 57.0 cm³/mol. The van der Waals surface area contributed by atoms with Crippen LogP contribution in [0.5, 0.6) is 5.75 Å². The highest BCUT2D eigenvalue weighted by Crippen LogP contribution is 2.27. The van der Waals surface area contributed by atoms with Crippen LogP contribution in [0.3, 0.4) is 0 Å². The van der Waals surface area contributed by atoms with Crippen molar-refractivity contribution in [2.45, 2.75) is 4.90 Å². The van der Waals surface area contributed by atoms with Crippen molar-refractivity contribution in [3.63, 3.8) is 0 Å². The lowest BCUT2D eigenvalue weighted by atomic mass is 10.3. The molecule has 8 nitrogen and oxygen atoms in total. The molecule has 0 fully saturated rings. The van der Waals surface area contributed by atoms with Crippen molar-refractivity contribution in [1.29, 1.82) is 0 Å². The van der Waals surface area contributed by atoms with E-state index in [0.717, 1.165) is 19.2 Å². The number of ether oxygens (including phenoxy) is 1. The van der Waals surface area contributed by atoms with Gasteiger partial charge in [-0.1, -0.05) is 4.89 Å². The Morgan fingerprint density at radius 2 is 2.00 bits per heavy atom. The minimum atomic E-state index is -4.08. The van der Waals surface area contributed by atoms with Crippen molar-refractivity contribution in [1.82, 2.24) is 4.89 Å². The Kier molecular flexibility index (Phi) is 3.99. The summed E-state index contributed by atoms with van der Waals surface area (Å²) in [7, 11) is -1.67. The third-order valence-electron chi connectivity index (χ3n) is 1.85. The van der Waals surface area contributed by atoms with E-state index >= 15 is 0 Å². The summed E-state index contributed by atoms with van der Waals surface area (Å²) >= 11 is 0. The van der Waals surface area contributed by atoms with E-state index < -0.39 is 25.5 Å². The molecule has 0 aliphatic rings. The Hall–Kier alpha value is -1.71. The van der Waals surface area contributed by atoms with Crippen LogP contribution in [-0.2, 0) is 14.9 Å². The Morgan fingerprint density at radius 3 is 2.47 bits per heavy atom. The fourth-order valence-corrected chi connectivity index (χ4v) is 2.11. The van der Waals surface area contributed by atoms with Crippen molar-refractivity contribution in [2.24, 2.45) is 0 Å². The number of sulfonamides is 1. The molecule has 94 valence electrons. The molecule has 0 spiro atoms. The summed E-state index contributed by atoms with van der Waals surface area (Å²) in [6.07, 6.45) is 0. The van der Waals surface area contributed by atoms with E-state index in [1.807, 2.05) is 0 Å². The van der Waals surface area contributed by atoms with Crippen LogP contribution >= 0.6 is 0 Å². The summed E-state index contributed by atoms with van der Waals surface area (Å²) in [5, 5.41) is 10.8. The molecule has 0 radical (unpaired) electrons. The van der Waals surface area contributed by atoms with Crippen LogP contribution in [0, 0.1) is 10.1 Å². The highest BCUT2D eigenvalue weighted by molar-refractivity contribution is 7.89. The second-order valence-electron chi connectivity index (χ2n) is 2.88. The van der Waals surface area contributed by atoms with E-state index in [9.17, 15) is 18.5 Å². The number of hydrogen-bond donors (Lipinski definition) is 1. The van der Waals surface area contributed by atoms with Gasteiger partial charge in [-0.05, 0) is 12.1 Å². The van der Waals surface area contributed by atoms with Crippen molar-refractivity contribution >= 4 is 15.7 Å². The molecule has 0 amide bonds. The monoisotopic (exact) mass is 262 g/mol. The van der Waals surface area contributed by atoms with Gasteiger partial charge in [0, 0.05) is 0 Å². The first-order chi connectivity index (χ1) is 7.92. The molecule has 1 aromatic carbocycles. The molecule has 0 aliphatic carbocycles. The van der Waals surface area contributed by atoms with Gasteiger partial charge < -0.3 is 4.74 Å². The lowest BCUT2D eigenvalue weighted by Crippen LogP contribution is -2.23. The van der Waals surface area contributed by atoms with E-state index in [1.54, 1.807) is 4.89 Å². The number of benzene rings is 1. The molecule has 9 heteroatoms. The number of nitrogens with one attached hydrogen (secondary N) is 1. The Morgan fingerprint density at radius 1 is 1.35 bits per heavy atom. The Balaban J connectivity index is 3.39. The van der Waals surface area contributed by atoms with Gasteiger partial charge in [0.2, 0.25) is 0 Å². The Labute approximate surface area is 97.3 Å². The summed E-state index contributed by atoms with van der Waals surface area (Å²) in [5.41, 5.74) is -0.589. The fourth-order valence-electron chi connectivity index (χ4n) is 1.15. The normalized spacial score (nSPS) is 11.2. The summed E-state index contributed by atoms with van der Waals surface area (Å²) in [5.74, 6) is 0.188. The molecule has 0 atom stereocenters. The summed E-state index contributed by atoms with van der Waals surface area (Å²) in [6.45, 7) is 0. The number of methoxy groups -OCH3 is 1. The van der Waals surface area contributed by atoms with Crippen LogP contribution in [0.2, 0.25) is 0 Å². The van der Waals surface area contributed by atoms with Crippen molar-refractivity contribution in [2.75, 3.05) is 14.2 Å². The molecule has 0 saturated heterocycles. The molecular weight excluding hydrogens is 252 g/mol. The third kappa shape index (κ3) is 2.90. The smallest absolute Gasteiger partial charge is 0.293 e. The second-order valence-corrected chi connectivity index (χ2v) is 4.50. The minimum Gasteiger partial charge on any atom is -0.497 e. The number of hydrogen-bond acceptors (Lipinski definition) is 6. The van der Waals surface area contributed by atoms with Gasteiger partial charge in [0.25, 0.3) is 15.7 Å². The molecule has 1 rings (SSSR count). The molecule has 1 aromatic rings. The first-order valence-electron chi connectivity index (χ1n) is 4.29. The van der Waals surface area contributed by atoms with Crippen LogP contribution < -0.4 is 9.62 Å². The van der Waals surface area contributed by atoms with Crippen molar-refractivity contribution < 1.29 is 22.9 Å². The second kappa shape index (κ2) is 5.08. The average molecular weight is 262 g/mol. The van der Waals surface area contributed by atoms with Gasteiger partial charge in [0.05, 0.1) is 25.2 Å². The molecule has 0 unspecified atom stereocenters. The largest absolute Gasteiger partial charge is 0.497 e. The van der Waals surface area contributed by atoms with Gasteiger partial charge in [-0.2, -0.15) is 0 Å². The first-order valence-corrected chi connectivity index (χ1v) is 5.78. The van der Waals surface area contributed by atoms with E-state index in [-0.39, 0.29) is 5.75 Å². The van der Waals surface area contributed by atoms with Crippen molar-refractivity contribution in [3.05, 3.63) is 28.3 Å². The Bertz CT molecular complexity index is 527. The van der Waals surface area contributed by atoms with Gasteiger partial charge in [-0.15, -0.1) is 0 Å². The van der Waals surface area contributed by atoms with Gasteiger partial charge in [0.1, 0.15) is 5.75 Å². The van der Waals surface area contributed by atoms with E-state index in [1.165, 1.54) is 13.2 Å². The summed E-state index contributed by atoms with van der Waals surface area (Å²) < 4.78 is 27.9. The quantitative estimate of drug-likeness (QED) is 0.609. The summed E-state index contributed by atoms with van der Waals surface area (Å²) in [4.78, 5) is 15.4. The van der Waals surface area contributed by atoms with Gasteiger partial charge in [0.15, 0.2) is 4.90 Å². The van der Waals surface area contributed by atoms with Crippen LogP contribution in [0.1, 0.15) is 0 Å². The predicted octanol–water partition coefficient (Wildman–Crippen LogP) is 0.443. The van der Waals surface area contributed by atoms with Crippen LogP contribution in [0.4, 0.5) is 5.69 Å². The van der Waals surface area contributed by atoms with Gasteiger partial charge >= 0.3 is 0 Å². The average Bonchev–Trinajstić information content (AvgIpc) is 2.28. The molecule has 0 heterocycles.